The summed E-state index contributed by atoms with van der Waals surface area (Å²) in [6, 6.07) is 5.13. The maximum Gasteiger partial charge on any atom is 0.200 e. The number of phenols is 4. The summed E-state index contributed by atoms with van der Waals surface area (Å²) < 4.78 is 6.08. The van der Waals surface area contributed by atoms with Crippen LogP contribution in [-0.4, -0.2) is 20.4 Å². The van der Waals surface area contributed by atoms with E-state index in [2.05, 4.69) is 0 Å². The third-order valence-corrected chi connectivity index (χ3v) is 4.82. The number of benzene rings is 2. The molecular weight excluding hydrogens is 384 g/mol. The van der Waals surface area contributed by atoms with Crippen LogP contribution in [0.4, 0.5) is 0 Å². The normalized spacial score (nSPS) is 11.3. The fraction of sp³-hybridized carbons (Fsp3) is 0.208. The van der Waals surface area contributed by atoms with Crippen molar-refractivity contribution in [3.8, 4) is 34.3 Å². The van der Waals surface area contributed by atoms with Crippen LogP contribution in [0.25, 0.3) is 22.3 Å². The van der Waals surface area contributed by atoms with Gasteiger partial charge in [0, 0.05) is 23.3 Å². The summed E-state index contributed by atoms with van der Waals surface area (Å²) in [7, 11) is 0. The summed E-state index contributed by atoms with van der Waals surface area (Å²) in [5.41, 5.74) is 1.42. The van der Waals surface area contributed by atoms with Gasteiger partial charge in [0.1, 0.15) is 39.7 Å². The van der Waals surface area contributed by atoms with Crippen molar-refractivity contribution in [3.05, 3.63) is 69.4 Å². The van der Waals surface area contributed by atoms with Crippen LogP contribution < -0.4 is 5.43 Å². The molecule has 6 heteroatoms. The van der Waals surface area contributed by atoms with Crippen molar-refractivity contribution in [2.45, 2.75) is 33.6 Å². The SMILES string of the molecule is C/C=C/Cc1c(O)cc(O)c2c(=O)c(CC=C(C)C)c(-c3ccc(O)cc3O)oc12. The molecule has 0 saturated heterocycles. The van der Waals surface area contributed by atoms with E-state index in [1.807, 2.05) is 26.8 Å². The number of hydrogen-bond acceptors (Lipinski definition) is 6. The zero-order valence-corrected chi connectivity index (χ0v) is 17.1. The smallest absolute Gasteiger partial charge is 0.200 e. The van der Waals surface area contributed by atoms with Gasteiger partial charge in [0.25, 0.3) is 0 Å². The molecule has 0 radical (unpaired) electrons. The van der Waals surface area contributed by atoms with Gasteiger partial charge in [-0.1, -0.05) is 23.8 Å². The Balaban J connectivity index is 2.46. The standard InChI is InChI=1S/C24H24O6/c1-4-5-6-15-19(27)12-20(28)21-22(29)17(9-7-13(2)3)23(30-24(15)21)16-10-8-14(25)11-18(16)26/h4-5,7-8,10-12,25-28H,6,9H2,1-3H3/b5-4+. The molecule has 0 atom stereocenters. The molecule has 4 N–H and O–H groups in total. The van der Waals surface area contributed by atoms with E-state index >= 15 is 0 Å². The van der Waals surface area contributed by atoms with Crippen molar-refractivity contribution in [2.75, 3.05) is 0 Å². The van der Waals surface area contributed by atoms with Crippen molar-refractivity contribution < 1.29 is 24.8 Å². The molecule has 0 saturated carbocycles. The third-order valence-electron chi connectivity index (χ3n) is 4.82. The Bertz CT molecular complexity index is 1230. The predicted molar refractivity (Wildman–Crippen MR) is 116 cm³/mol. The molecule has 1 heterocycles. The topological polar surface area (TPSA) is 111 Å². The molecule has 0 bridgehead atoms. The molecule has 0 aliphatic heterocycles. The van der Waals surface area contributed by atoms with Gasteiger partial charge in [-0.2, -0.15) is 0 Å². The molecule has 1 aromatic heterocycles. The summed E-state index contributed by atoms with van der Waals surface area (Å²) in [4.78, 5) is 13.4. The minimum absolute atomic E-state index is 0.0218. The summed E-state index contributed by atoms with van der Waals surface area (Å²) in [6.07, 6.45) is 5.95. The summed E-state index contributed by atoms with van der Waals surface area (Å²) in [6.45, 7) is 5.61. The highest BCUT2D eigenvalue weighted by Gasteiger charge is 2.23. The molecule has 0 amide bonds. The molecular formula is C24H24O6. The predicted octanol–water partition coefficient (Wildman–Crippen LogP) is 4.91. The number of aromatic hydroxyl groups is 4. The largest absolute Gasteiger partial charge is 0.508 e. The lowest BCUT2D eigenvalue weighted by atomic mass is 9.98. The highest BCUT2D eigenvalue weighted by atomic mass is 16.3. The number of hydrogen-bond donors (Lipinski definition) is 4. The lowest BCUT2D eigenvalue weighted by Gasteiger charge is -2.14. The van der Waals surface area contributed by atoms with Crippen LogP contribution in [0, 0.1) is 0 Å². The molecule has 30 heavy (non-hydrogen) atoms. The Morgan fingerprint density at radius 1 is 0.967 bits per heavy atom. The Morgan fingerprint density at radius 3 is 2.33 bits per heavy atom. The molecule has 3 aromatic rings. The molecule has 3 rings (SSSR count). The zero-order valence-electron chi connectivity index (χ0n) is 17.1. The summed E-state index contributed by atoms with van der Waals surface area (Å²) >= 11 is 0. The molecule has 0 spiro atoms. The summed E-state index contributed by atoms with van der Waals surface area (Å²) in [5, 5.41) is 40.8. The van der Waals surface area contributed by atoms with E-state index in [1.165, 1.54) is 12.1 Å². The fourth-order valence-corrected chi connectivity index (χ4v) is 3.28. The van der Waals surface area contributed by atoms with E-state index in [-0.39, 0.29) is 63.7 Å². The van der Waals surface area contributed by atoms with Gasteiger partial charge in [0.15, 0.2) is 0 Å². The van der Waals surface area contributed by atoms with E-state index in [9.17, 15) is 25.2 Å². The molecule has 0 fully saturated rings. The molecule has 0 aliphatic rings. The second-order valence-electron chi connectivity index (χ2n) is 7.30. The Labute approximate surface area is 173 Å². The minimum atomic E-state index is -0.449. The minimum Gasteiger partial charge on any atom is -0.508 e. The molecule has 0 aliphatic carbocycles. The van der Waals surface area contributed by atoms with Crippen molar-refractivity contribution in [1.29, 1.82) is 0 Å². The van der Waals surface area contributed by atoms with Gasteiger partial charge in [-0.05, 0) is 45.7 Å². The fourth-order valence-electron chi connectivity index (χ4n) is 3.28. The third kappa shape index (κ3) is 3.89. The Kier molecular flexibility index (Phi) is 5.87. The van der Waals surface area contributed by atoms with Crippen LogP contribution in [0.5, 0.6) is 23.0 Å². The highest BCUT2D eigenvalue weighted by molar-refractivity contribution is 5.90. The van der Waals surface area contributed by atoms with Crippen LogP contribution in [0.2, 0.25) is 0 Å². The lowest BCUT2D eigenvalue weighted by Crippen LogP contribution is -2.12. The van der Waals surface area contributed by atoms with Crippen molar-refractivity contribution in [3.63, 3.8) is 0 Å². The van der Waals surface area contributed by atoms with Gasteiger partial charge in [-0.3, -0.25) is 4.79 Å². The first-order chi connectivity index (χ1) is 14.2. The summed E-state index contributed by atoms with van der Waals surface area (Å²) in [5.74, 6) is -0.835. The van der Waals surface area contributed by atoms with Crippen LogP contribution in [0.1, 0.15) is 31.9 Å². The first kappa shape index (κ1) is 21.0. The second kappa shape index (κ2) is 8.37. The molecule has 0 unspecified atom stereocenters. The highest BCUT2D eigenvalue weighted by Crippen LogP contribution is 2.39. The number of rotatable bonds is 5. The van der Waals surface area contributed by atoms with Crippen LogP contribution >= 0.6 is 0 Å². The first-order valence-electron chi connectivity index (χ1n) is 9.55. The quantitative estimate of drug-likeness (QED) is 0.447. The van der Waals surface area contributed by atoms with Crippen LogP contribution in [-0.2, 0) is 12.8 Å². The average Bonchev–Trinajstić information content (AvgIpc) is 2.66. The van der Waals surface area contributed by atoms with Gasteiger partial charge in [-0.25, -0.2) is 0 Å². The van der Waals surface area contributed by atoms with E-state index < -0.39 is 5.43 Å². The van der Waals surface area contributed by atoms with E-state index in [1.54, 1.807) is 12.2 Å². The molecule has 2 aromatic carbocycles. The molecule has 6 nitrogen and oxygen atoms in total. The van der Waals surface area contributed by atoms with E-state index in [0.717, 1.165) is 17.7 Å². The van der Waals surface area contributed by atoms with Crippen molar-refractivity contribution in [2.24, 2.45) is 0 Å². The number of fused-ring (bicyclic) bond motifs is 1. The monoisotopic (exact) mass is 408 g/mol. The van der Waals surface area contributed by atoms with Crippen LogP contribution in [0.15, 0.2) is 57.3 Å². The average molecular weight is 408 g/mol. The van der Waals surface area contributed by atoms with Gasteiger partial charge in [0.2, 0.25) is 5.43 Å². The van der Waals surface area contributed by atoms with Gasteiger partial charge >= 0.3 is 0 Å². The van der Waals surface area contributed by atoms with Crippen molar-refractivity contribution >= 4 is 11.0 Å². The molecule has 156 valence electrons. The van der Waals surface area contributed by atoms with Gasteiger partial charge in [0.05, 0.1) is 5.56 Å². The van der Waals surface area contributed by atoms with Crippen molar-refractivity contribution in [1.82, 2.24) is 0 Å². The van der Waals surface area contributed by atoms with Gasteiger partial charge < -0.3 is 24.8 Å². The van der Waals surface area contributed by atoms with E-state index in [0.29, 0.717) is 5.56 Å². The van der Waals surface area contributed by atoms with Gasteiger partial charge in [-0.15, -0.1) is 0 Å². The maximum absolute atomic E-state index is 13.4. The Morgan fingerprint density at radius 2 is 1.70 bits per heavy atom. The first-order valence-corrected chi connectivity index (χ1v) is 9.55. The Hall–Kier alpha value is -3.67. The maximum atomic E-state index is 13.4. The van der Waals surface area contributed by atoms with Crippen LogP contribution in [0.3, 0.4) is 0 Å². The lowest BCUT2D eigenvalue weighted by molar-refractivity contribution is 0.447. The number of phenolic OH excluding ortho intramolecular Hbond substituents is 4. The van der Waals surface area contributed by atoms with E-state index in [4.69, 9.17) is 4.42 Å². The second-order valence-corrected chi connectivity index (χ2v) is 7.30. The zero-order chi connectivity index (χ0) is 22.0. The number of allylic oxidation sites excluding steroid dienone is 4.